The van der Waals surface area contributed by atoms with Gasteiger partial charge in [-0.2, -0.15) is 11.8 Å². The zero-order valence-electron chi connectivity index (χ0n) is 11.9. The Hall–Kier alpha value is -0.790. The number of thioether (sulfide) groups is 1. The lowest BCUT2D eigenvalue weighted by atomic mass is 10.2. The van der Waals surface area contributed by atoms with Crippen LogP contribution in [0.3, 0.4) is 0 Å². The fourth-order valence-electron chi connectivity index (χ4n) is 1.74. The standard InChI is InChI=1S/C13H21FN2O2S2/c1-4-19-6-5-9(2)16-20(17,18)13-8-11(15)7-12(14)10(13)3/h7-9,16H,4-6,15H2,1-3H3. The molecule has 0 heterocycles. The quantitative estimate of drug-likeness (QED) is 0.598. The summed E-state index contributed by atoms with van der Waals surface area (Å²) in [6, 6.07) is 2.20. The van der Waals surface area contributed by atoms with Crippen molar-refractivity contribution in [1.29, 1.82) is 0 Å². The zero-order valence-corrected chi connectivity index (χ0v) is 13.6. The van der Waals surface area contributed by atoms with Gasteiger partial charge in [0.2, 0.25) is 10.0 Å². The number of nitrogens with two attached hydrogens (primary N) is 1. The molecule has 0 spiro atoms. The number of nitrogens with one attached hydrogen (secondary N) is 1. The first-order valence-corrected chi connectivity index (χ1v) is 9.07. The molecule has 1 aromatic carbocycles. The predicted octanol–water partition coefficient (Wildman–Crippen LogP) is 2.53. The fraction of sp³-hybridized carbons (Fsp3) is 0.538. The molecule has 0 aromatic heterocycles. The van der Waals surface area contributed by atoms with Crippen LogP contribution in [0.5, 0.6) is 0 Å². The van der Waals surface area contributed by atoms with Crippen molar-refractivity contribution in [3.05, 3.63) is 23.5 Å². The Labute approximate surface area is 124 Å². The molecule has 0 radical (unpaired) electrons. The smallest absolute Gasteiger partial charge is 0.241 e. The number of halogens is 1. The first-order chi connectivity index (χ1) is 9.27. The van der Waals surface area contributed by atoms with E-state index < -0.39 is 15.8 Å². The maximum absolute atomic E-state index is 13.6. The van der Waals surface area contributed by atoms with E-state index in [4.69, 9.17) is 5.73 Å². The molecule has 1 unspecified atom stereocenters. The van der Waals surface area contributed by atoms with Gasteiger partial charge in [0.1, 0.15) is 5.82 Å². The summed E-state index contributed by atoms with van der Waals surface area (Å²) in [7, 11) is -3.75. The minimum atomic E-state index is -3.75. The molecule has 0 amide bonds. The van der Waals surface area contributed by atoms with Gasteiger partial charge in [-0.1, -0.05) is 6.92 Å². The SMILES string of the molecule is CCSCCC(C)NS(=O)(=O)c1cc(N)cc(F)c1C. The van der Waals surface area contributed by atoms with E-state index in [0.29, 0.717) is 0 Å². The van der Waals surface area contributed by atoms with Crippen LogP contribution < -0.4 is 10.5 Å². The molecule has 1 atom stereocenters. The third kappa shape index (κ3) is 4.64. The second-order valence-electron chi connectivity index (χ2n) is 4.63. The van der Waals surface area contributed by atoms with Crippen LogP contribution in [-0.2, 0) is 10.0 Å². The van der Waals surface area contributed by atoms with Crippen molar-refractivity contribution in [1.82, 2.24) is 4.72 Å². The van der Waals surface area contributed by atoms with Gasteiger partial charge in [0, 0.05) is 17.3 Å². The van der Waals surface area contributed by atoms with E-state index in [1.54, 1.807) is 18.7 Å². The van der Waals surface area contributed by atoms with Crippen molar-refractivity contribution in [2.45, 2.75) is 38.1 Å². The second-order valence-corrected chi connectivity index (χ2v) is 7.71. The molecule has 0 bridgehead atoms. The van der Waals surface area contributed by atoms with Gasteiger partial charge in [-0.25, -0.2) is 17.5 Å². The molecule has 7 heteroatoms. The molecule has 114 valence electrons. The van der Waals surface area contributed by atoms with Crippen LogP contribution in [0.25, 0.3) is 0 Å². The molecule has 0 aliphatic heterocycles. The number of hydrogen-bond acceptors (Lipinski definition) is 4. The Morgan fingerprint density at radius 1 is 1.45 bits per heavy atom. The third-order valence-electron chi connectivity index (χ3n) is 2.86. The van der Waals surface area contributed by atoms with Crippen LogP contribution in [0.4, 0.5) is 10.1 Å². The summed E-state index contributed by atoms with van der Waals surface area (Å²) in [6.07, 6.45) is 0.724. The minimum Gasteiger partial charge on any atom is -0.399 e. The Kier molecular flexibility index (Phi) is 6.29. The molecule has 20 heavy (non-hydrogen) atoms. The van der Waals surface area contributed by atoms with Gasteiger partial charge >= 0.3 is 0 Å². The molecule has 0 aliphatic rings. The molecular weight excluding hydrogens is 299 g/mol. The minimum absolute atomic E-state index is 0.0850. The van der Waals surface area contributed by atoms with Crippen LogP contribution in [0, 0.1) is 12.7 Å². The van der Waals surface area contributed by atoms with Crippen molar-refractivity contribution < 1.29 is 12.8 Å². The number of sulfonamides is 1. The van der Waals surface area contributed by atoms with Gasteiger partial charge in [-0.05, 0) is 43.9 Å². The lowest BCUT2D eigenvalue weighted by Gasteiger charge is -2.16. The van der Waals surface area contributed by atoms with E-state index in [9.17, 15) is 12.8 Å². The highest BCUT2D eigenvalue weighted by Gasteiger charge is 2.21. The van der Waals surface area contributed by atoms with E-state index >= 15 is 0 Å². The summed E-state index contributed by atoms with van der Waals surface area (Å²) in [6.45, 7) is 5.28. The monoisotopic (exact) mass is 320 g/mol. The first-order valence-electron chi connectivity index (χ1n) is 6.43. The first kappa shape index (κ1) is 17.3. The van der Waals surface area contributed by atoms with Gasteiger partial charge in [0.15, 0.2) is 0 Å². The van der Waals surface area contributed by atoms with Crippen molar-refractivity contribution in [3.63, 3.8) is 0 Å². The Bertz CT molecular complexity index is 562. The molecule has 1 rings (SSSR count). The van der Waals surface area contributed by atoms with Gasteiger partial charge < -0.3 is 5.73 Å². The summed E-state index contributed by atoms with van der Waals surface area (Å²) < 4.78 is 40.7. The maximum Gasteiger partial charge on any atom is 0.241 e. The Morgan fingerprint density at radius 3 is 2.70 bits per heavy atom. The van der Waals surface area contributed by atoms with Crippen LogP contribution in [0.15, 0.2) is 17.0 Å². The highest BCUT2D eigenvalue weighted by Crippen LogP contribution is 2.22. The molecule has 0 saturated carbocycles. The number of rotatable bonds is 7. The van der Waals surface area contributed by atoms with Crippen LogP contribution >= 0.6 is 11.8 Å². The third-order valence-corrected chi connectivity index (χ3v) is 5.51. The molecule has 4 nitrogen and oxygen atoms in total. The van der Waals surface area contributed by atoms with Crippen molar-refractivity contribution in [2.24, 2.45) is 0 Å². The molecule has 0 fully saturated rings. The van der Waals surface area contributed by atoms with Crippen molar-refractivity contribution in [3.8, 4) is 0 Å². The Balaban J connectivity index is 2.89. The summed E-state index contributed by atoms with van der Waals surface area (Å²) in [5.41, 5.74) is 5.70. The second kappa shape index (κ2) is 7.28. The van der Waals surface area contributed by atoms with Gasteiger partial charge in [0.05, 0.1) is 4.90 Å². The topological polar surface area (TPSA) is 72.2 Å². The summed E-state index contributed by atoms with van der Waals surface area (Å²) in [5.74, 6) is 1.27. The summed E-state index contributed by atoms with van der Waals surface area (Å²) in [4.78, 5) is -0.0926. The molecule has 0 aliphatic carbocycles. The fourth-order valence-corrected chi connectivity index (χ4v) is 4.12. The molecule has 1 aromatic rings. The van der Waals surface area contributed by atoms with E-state index in [1.165, 1.54) is 13.0 Å². The van der Waals surface area contributed by atoms with Gasteiger partial charge in [0.25, 0.3) is 0 Å². The van der Waals surface area contributed by atoms with Crippen molar-refractivity contribution in [2.75, 3.05) is 17.2 Å². The van der Waals surface area contributed by atoms with Crippen molar-refractivity contribution >= 4 is 27.5 Å². The lowest BCUT2D eigenvalue weighted by molar-refractivity contribution is 0.553. The largest absolute Gasteiger partial charge is 0.399 e. The number of anilines is 1. The molecule has 3 N–H and O–H groups in total. The van der Waals surface area contributed by atoms with Gasteiger partial charge in [-0.15, -0.1) is 0 Å². The predicted molar refractivity (Wildman–Crippen MR) is 82.9 cm³/mol. The average molecular weight is 320 g/mol. The maximum atomic E-state index is 13.6. The highest BCUT2D eigenvalue weighted by molar-refractivity contribution is 7.99. The highest BCUT2D eigenvalue weighted by atomic mass is 32.2. The van der Waals surface area contributed by atoms with Crippen LogP contribution in [-0.4, -0.2) is 26.0 Å². The Morgan fingerprint density at radius 2 is 2.10 bits per heavy atom. The molecule has 0 saturated heterocycles. The van der Waals surface area contributed by atoms with Crippen LogP contribution in [0.1, 0.15) is 25.8 Å². The number of benzene rings is 1. The normalized spacial score (nSPS) is 13.4. The number of hydrogen-bond donors (Lipinski definition) is 2. The number of nitrogen functional groups attached to an aromatic ring is 1. The average Bonchev–Trinajstić information content (AvgIpc) is 2.33. The lowest BCUT2D eigenvalue weighted by Crippen LogP contribution is -2.33. The van der Waals surface area contributed by atoms with Gasteiger partial charge in [-0.3, -0.25) is 0 Å². The summed E-state index contributed by atoms with van der Waals surface area (Å²) >= 11 is 1.75. The van der Waals surface area contributed by atoms with E-state index in [-0.39, 0.29) is 22.2 Å². The molecular formula is C13H21FN2O2S2. The summed E-state index contributed by atoms with van der Waals surface area (Å²) in [5, 5.41) is 0. The zero-order chi connectivity index (χ0) is 15.3. The van der Waals surface area contributed by atoms with Crippen LogP contribution in [0.2, 0.25) is 0 Å². The van der Waals surface area contributed by atoms with E-state index in [1.807, 2.05) is 0 Å². The van der Waals surface area contributed by atoms with E-state index in [2.05, 4.69) is 11.6 Å². The van der Waals surface area contributed by atoms with E-state index in [0.717, 1.165) is 24.0 Å².